The molecule has 156 valence electrons. The summed E-state index contributed by atoms with van der Waals surface area (Å²) in [5.41, 5.74) is 7.96. The average Bonchev–Trinajstić information content (AvgIpc) is 3.15. The maximum atomic E-state index is 12.6. The first kappa shape index (κ1) is 19.8. The van der Waals surface area contributed by atoms with E-state index in [9.17, 15) is 9.59 Å². The molecule has 1 aliphatic carbocycles. The van der Waals surface area contributed by atoms with Crippen molar-refractivity contribution in [1.29, 1.82) is 0 Å². The Balaban J connectivity index is 1.32. The summed E-state index contributed by atoms with van der Waals surface area (Å²) >= 11 is 0. The van der Waals surface area contributed by atoms with Crippen LogP contribution in [0.3, 0.4) is 0 Å². The van der Waals surface area contributed by atoms with E-state index in [1.807, 2.05) is 13.1 Å². The molecule has 0 spiro atoms. The number of hydrogen-bond acceptors (Lipinski definition) is 6. The Labute approximate surface area is 174 Å². The van der Waals surface area contributed by atoms with Crippen molar-refractivity contribution in [2.45, 2.75) is 38.6 Å². The van der Waals surface area contributed by atoms with E-state index in [1.165, 1.54) is 0 Å². The summed E-state index contributed by atoms with van der Waals surface area (Å²) in [6.07, 6.45) is 8.82. The Morgan fingerprint density at radius 2 is 2.10 bits per heavy atom. The lowest BCUT2D eigenvalue weighted by Gasteiger charge is -2.29. The maximum absolute atomic E-state index is 12.6. The number of pyridine rings is 1. The van der Waals surface area contributed by atoms with Crippen molar-refractivity contribution in [1.82, 2.24) is 30.2 Å². The summed E-state index contributed by atoms with van der Waals surface area (Å²) < 4.78 is 1.61. The highest BCUT2D eigenvalue weighted by Gasteiger charge is 2.25. The smallest absolute Gasteiger partial charge is 0.270 e. The molecule has 30 heavy (non-hydrogen) atoms. The van der Waals surface area contributed by atoms with E-state index in [0.717, 1.165) is 31.2 Å². The van der Waals surface area contributed by atoms with E-state index in [0.29, 0.717) is 35.2 Å². The largest absolute Gasteiger partial charge is 0.384 e. The number of rotatable bonds is 5. The molecule has 1 aliphatic rings. The third-order valence-corrected chi connectivity index (χ3v) is 5.40. The van der Waals surface area contributed by atoms with Crippen LogP contribution in [0.5, 0.6) is 0 Å². The van der Waals surface area contributed by atoms with Crippen LogP contribution in [0.15, 0.2) is 36.8 Å². The van der Waals surface area contributed by atoms with Crippen LogP contribution in [0.1, 0.15) is 52.1 Å². The summed E-state index contributed by atoms with van der Waals surface area (Å²) in [5.74, 6) is 0.212. The molecular formula is C21H25N7O2. The minimum Gasteiger partial charge on any atom is -0.384 e. The molecule has 3 aromatic heterocycles. The zero-order chi connectivity index (χ0) is 21.1. The van der Waals surface area contributed by atoms with Crippen LogP contribution < -0.4 is 16.4 Å². The summed E-state index contributed by atoms with van der Waals surface area (Å²) in [4.78, 5) is 33.4. The fourth-order valence-corrected chi connectivity index (χ4v) is 3.91. The molecule has 4 rings (SSSR count). The number of carbonyl (C=O) groups excluding carboxylic acids is 2. The number of nitrogens with two attached hydrogens (primary N) is 1. The number of nitrogens with one attached hydrogen (secondary N) is 2. The van der Waals surface area contributed by atoms with Gasteiger partial charge in [-0.15, -0.1) is 0 Å². The first-order valence-electron chi connectivity index (χ1n) is 10.1. The standard InChI is InChI=1S/C21H25N7O2/c1-13-9-23-19-16(11-25-28(19)12-13)20(29)24-10-14-4-2-5-15(8-14)26-21(30)17-6-3-7-18(22)27-17/h3,6-7,9,11-12,14-15H,2,4-5,8,10H2,1H3,(H2,22,27)(H,24,29)(H,26,30)/t14-,15+/m1/s1. The molecule has 0 aliphatic heterocycles. The van der Waals surface area contributed by atoms with Crippen LogP contribution in [0.2, 0.25) is 0 Å². The number of carbonyl (C=O) groups is 2. The van der Waals surface area contributed by atoms with Crippen molar-refractivity contribution in [2.24, 2.45) is 5.92 Å². The van der Waals surface area contributed by atoms with Crippen molar-refractivity contribution in [3.05, 3.63) is 53.6 Å². The second-order valence-corrected chi connectivity index (χ2v) is 7.82. The third kappa shape index (κ3) is 4.40. The number of nitrogens with zero attached hydrogens (tertiary/aromatic N) is 4. The van der Waals surface area contributed by atoms with Gasteiger partial charge in [-0.25, -0.2) is 14.5 Å². The number of amides is 2. The Bertz CT molecular complexity index is 1080. The number of aromatic nitrogens is 4. The average molecular weight is 407 g/mol. The summed E-state index contributed by atoms with van der Waals surface area (Å²) in [6, 6.07) is 5.07. The van der Waals surface area contributed by atoms with Gasteiger partial charge in [-0.2, -0.15) is 5.10 Å². The van der Waals surface area contributed by atoms with Gasteiger partial charge in [0.25, 0.3) is 11.8 Å². The first-order valence-corrected chi connectivity index (χ1v) is 10.1. The van der Waals surface area contributed by atoms with Gasteiger partial charge in [0.1, 0.15) is 17.1 Å². The molecule has 4 N–H and O–H groups in total. The third-order valence-electron chi connectivity index (χ3n) is 5.40. The van der Waals surface area contributed by atoms with E-state index < -0.39 is 0 Å². The molecular weight excluding hydrogens is 382 g/mol. The van der Waals surface area contributed by atoms with Gasteiger partial charge in [0.05, 0.1) is 6.20 Å². The van der Waals surface area contributed by atoms with Crippen LogP contribution in [0.4, 0.5) is 5.82 Å². The summed E-state index contributed by atoms with van der Waals surface area (Å²) in [6.45, 7) is 2.47. The van der Waals surface area contributed by atoms with Gasteiger partial charge < -0.3 is 16.4 Å². The predicted molar refractivity (Wildman–Crippen MR) is 112 cm³/mol. The Kier molecular flexibility index (Phi) is 5.60. The van der Waals surface area contributed by atoms with Gasteiger partial charge in [-0.1, -0.05) is 12.5 Å². The lowest BCUT2D eigenvalue weighted by Crippen LogP contribution is -2.41. The van der Waals surface area contributed by atoms with Crippen LogP contribution in [0.25, 0.3) is 5.65 Å². The van der Waals surface area contributed by atoms with Crippen LogP contribution in [-0.4, -0.2) is 44.0 Å². The molecule has 0 saturated heterocycles. The molecule has 0 radical (unpaired) electrons. The number of hydrogen-bond donors (Lipinski definition) is 3. The van der Waals surface area contributed by atoms with Crippen LogP contribution >= 0.6 is 0 Å². The highest BCUT2D eigenvalue weighted by Crippen LogP contribution is 2.24. The number of aryl methyl sites for hydroxylation is 1. The summed E-state index contributed by atoms with van der Waals surface area (Å²) in [5, 5.41) is 10.3. The first-order chi connectivity index (χ1) is 14.5. The lowest BCUT2D eigenvalue weighted by atomic mass is 9.85. The van der Waals surface area contributed by atoms with Crippen molar-refractivity contribution in [3.63, 3.8) is 0 Å². The maximum Gasteiger partial charge on any atom is 0.270 e. The monoisotopic (exact) mass is 407 g/mol. The second-order valence-electron chi connectivity index (χ2n) is 7.82. The SMILES string of the molecule is Cc1cnc2c(C(=O)NC[C@@H]3CCC[C@H](NC(=O)c4cccc(N)n4)C3)cnn2c1. The molecule has 9 heteroatoms. The molecule has 0 bridgehead atoms. The number of fused-ring (bicyclic) bond motifs is 1. The highest BCUT2D eigenvalue weighted by molar-refractivity contribution is 5.99. The molecule has 0 aromatic carbocycles. The number of anilines is 1. The molecule has 1 saturated carbocycles. The lowest BCUT2D eigenvalue weighted by molar-refractivity contribution is 0.0898. The molecule has 0 unspecified atom stereocenters. The zero-order valence-corrected chi connectivity index (χ0v) is 16.8. The van der Waals surface area contributed by atoms with E-state index >= 15 is 0 Å². The van der Waals surface area contributed by atoms with E-state index in [4.69, 9.17) is 5.73 Å². The fourth-order valence-electron chi connectivity index (χ4n) is 3.91. The molecule has 1 fully saturated rings. The fraction of sp³-hybridized carbons (Fsp3) is 0.381. The van der Waals surface area contributed by atoms with Gasteiger partial charge in [0, 0.05) is 25.0 Å². The Morgan fingerprint density at radius 3 is 2.93 bits per heavy atom. The minimum absolute atomic E-state index is 0.0537. The molecule has 3 aromatic rings. The number of nitrogen functional groups attached to an aromatic ring is 1. The van der Waals surface area contributed by atoms with Crippen molar-refractivity contribution < 1.29 is 9.59 Å². The van der Waals surface area contributed by atoms with Gasteiger partial charge >= 0.3 is 0 Å². The zero-order valence-electron chi connectivity index (χ0n) is 16.8. The van der Waals surface area contributed by atoms with E-state index in [1.54, 1.807) is 35.1 Å². The van der Waals surface area contributed by atoms with Crippen LogP contribution in [0, 0.1) is 12.8 Å². The van der Waals surface area contributed by atoms with Gasteiger partial charge in [-0.3, -0.25) is 9.59 Å². The highest BCUT2D eigenvalue weighted by atomic mass is 16.2. The van der Waals surface area contributed by atoms with Crippen molar-refractivity contribution >= 4 is 23.3 Å². The van der Waals surface area contributed by atoms with E-state index in [-0.39, 0.29) is 17.9 Å². The topological polar surface area (TPSA) is 127 Å². The molecule has 2 amide bonds. The van der Waals surface area contributed by atoms with Gasteiger partial charge in [0.2, 0.25) is 0 Å². The Hall–Kier alpha value is -3.49. The van der Waals surface area contributed by atoms with Crippen LogP contribution in [-0.2, 0) is 0 Å². The quantitative estimate of drug-likeness (QED) is 0.591. The van der Waals surface area contributed by atoms with Gasteiger partial charge in [-0.05, 0) is 49.8 Å². The Morgan fingerprint density at radius 1 is 1.23 bits per heavy atom. The van der Waals surface area contributed by atoms with Gasteiger partial charge in [0.15, 0.2) is 5.65 Å². The normalized spacial score (nSPS) is 18.8. The molecule has 2 atom stereocenters. The van der Waals surface area contributed by atoms with E-state index in [2.05, 4.69) is 25.7 Å². The molecule has 9 nitrogen and oxygen atoms in total. The van der Waals surface area contributed by atoms with Crippen molar-refractivity contribution in [2.75, 3.05) is 12.3 Å². The second kappa shape index (κ2) is 8.48. The summed E-state index contributed by atoms with van der Waals surface area (Å²) in [7, 11) is 0. The predicted octanol–water partition coefficient (Wildman–Crippen LogP) is 1.73. The van der Waals surface area contributed by atoms with Crippen molar-refractivity contribution in [3.8, 4) is 0 Å². The molecule has 3 heterocycles. The minimum atomic E-state index is -0.218.